The molecular weight excluding hydrogens is 224 g/mol. The van der Waals surface area contributed by atoms with E-state index in [0.717, 1.165) is 0 Å². The van der Waals surface area contributed by atoms with E-state index < -0.39 is 0 Å². The Morgan fingerprint density at radius 1 is 0.882 bits per heavy atom. The minimum atomic E-state index is 0.146. The zero-order chi connectivity index (χ0) is 13.6. The molecule has 0 amide bonds. The molecule has 0 atom stereocenters. The summed E-state index contributed by atoms with van der Waals surface area (Å²) in [6.45, 7) is 18.0. The molecule has 1 aromatic carbocycles. The maximum atomic E-state index is 4.82. The molecule has 1 aromatic rings. The number of hydrogen-bond donors (Lipinski definition) is 1. The highest BCUT2D eigenvalue weighted by atomic mass is 32.1. The van der Waals surface area contributed by atoms with Crippen LogP contribution in [0, 0.1) is 13.8 Å². The quantitative estimate of drug-likeness (QED) is 0.602. The van der Waals surface area contributed by atoms with Gasteiger partial charge in [-0.25, -0.2) is 0 Å². The number of rotatable bonds is 0. The first-order valence-electron chi connectivity index (χ1n) is 6.30. The van der Waals surface area contributed by atoms with Gasteiger partial charge < -0.3 is 0 Å². The van der Waals surface area contributed by atoms with Crippen LogP contribution in [0.1, 0.15) is 63.8 Å². The third-order valence-corrected chi connectivity index (χ3v) is 3.84. The monoisotopic (exact) mass is 250 g/mol. The number of thiol groups is 1. The molecule has 0 nitrogen and oxygen atoms in total. The van der Waals surface area contributed by atoms with Gasteiger partial charge in [0.05, 0.1) is 0 Å². The van der Waals surface area contributed by atoms with Gasteiger partial charge in [0.2, 0.25) is 0 Å². The molecule has 17 heavy (non-hydrogen) atoms. The summed E-state index contributed by atoms with van der Waals surface area (Å²) >= 11 is 4.82. The Morgan fingerprint density at radius 2 is 1.35 bits per heavy atom. The van der Waals surface area contributed by atoms with Gasteiger partial charge in [0.1, 0.15) is 0 Å². The normalized spacial score (nSPS) is 13.0. The molecule has 0 saturated carbocycles. The maximum absolute atomic E-state index is 4.82. The van der Waals surface area contributed by atoms with Crippen LogP contribution >= 0.6 is 12.6 Å². The third-order valence-electron chi connectivity index (χ3n) is 3.38. The van der Waals surface area contributed by atoms with E-state index in [9.17, 15) is 0 Å². The zero-order valence-electron chi connectivity index (χ0n) is 12.5. The van der Waals surface area contributed by atoms with Crippen LogP contribution < -0.4 is 0 Å². The largest absolute Gasteiger partial charge is 0.143 e. The molecule has 0 saturated heterocycles. The Bertz CT molecular complexity index is 428. The molecular formula is C16H26S. The molecule has 0 spiro atoms. The SMILES string of the molecule is Cc1cc(C(C)(C)C)c(S)c(C(C)(C)C)c1C. The second-order valence-corrected chi connectivity index (χ2v) is 7.54. The van der Waals surface area contributed by atoms with E-state index in [4.69, 9.17) is 12.6 Å². The maximum Gasteiger partial charge on any atom is 0.0118 e. The minimum absolute atomic E-state index is 0.146. The Morgan fingerprint density at radius 3 is 1.71 bits per heavy atom. The minimum Gasteiger partial charge on any atom is -0.143 e. The van der Waals surface area contributed by atoms with Crippen LogP contribution in [0.2, 0.25) is 0 Å². The molecule has 0 aliphatic heterocycles. The molecule has 96 valence electrons. The summed E-state index contributed by atoms with van der Waals surface area (Å²) < 4.78 is 0. The van der Waals surface area contributed by atoms with E-state index in [2.05, 4.69) is 61.5 Å². The highest BCUT2D eigenvalue weighted by molar-refractivity contribution is 7.80. The number of benzene rings is 1. The molecule has 0 N–H and O–H groups in total. The topological polar surface area (TPSA) is 0 Å². The molecule has 0 aliphatic rings. The lowest BCUT2D eigenvalue weighted by Gasteiger charge is -2.31. The van der Waals surface area contributed by atoms with Gasteiger partial charge in [0, 0.05) is 4.90 Å². The fourth-order valence-corrected chi connectivity index (χ4v) is 3.30. The van der Waals surface area contributed by atoms with Crippen LogP contribution in [0.15, 0.2) is 11.0 Å². The number of hydrogen-bond acceptors (Lipinski definition) is 1. The Labute approximate surface area is 112 Å². The first kappa shape index (κ1) is 14.6. The van der Waals surface area contributed by atoms with Gasteiger partial charge in [-0.3, -0.25) is 0 Å². The van der Waals surface area contributed by atoms with Crippen molar-refractivity contribution in [1.82, 2.24) is 0 Å². The first-order valence-corrected chi connectivity index (χ1v) is 6.75. The highest BCUT2D eigenvalue weighted by Gasteiger charge is 2.26. The Balaban J connectivity index is 3.67. The van der Waals surface area contributed by atoms with E-state index in [0.29, 0.717) is 0 Å². The predicted octanol–water partition coefficient (Wildman–Crippen LogP) is 5.19. The molecule has 1 heteroatoms. The fourth-order valence-electron chi connectivity index (χ4n) is 2.39. The van der Waals surface area contributed by atoms with Crippen LogP contribution in [0.4, 0.5) is 0 Å². The van der Waals surface area contributed by atoms with E-state index in [1.54, 1.807) is 0 Å². The molecule has 0 fully saturated rings. The molecule has 0 bridgehead atoms. The zero-order valence-corrected chi connectivity index (χ0v) is 13.4. The summed E-state index contributed by atoms with van der Waals surface area (Å²) in [6.07, 6.45) is 0. The lowest BCUT2D eigenvalue weighted by atomic mass is 9.77. The van der Waals surface area contributed by atoms with Crippen molar-refractivity contribution in [2.24, 2.45) is 0 Å². The average Bonchev–Trinajstić information content (AvgIpc) is 2.07. The summed E-state index contributed by atoms with van der Waals surface area (Å²) in [6, 6.07) is 2.30. The Hall–Kier alpha value is -0.430. The van der Waals surface area contributed by atoms with Crippen LogP contribution in [-0.4, -0.2) is 0 Å². The molecule has 1 rings (SSSR count). The van der Waals surface area contributed by atoms with E-state index in [1.807, 2.05) is 0 Å². The summed E-state index contributed by atoms with van der Waals surface area (Å²) in [5.41, 5.74) is 5.80. The molecule has 0 radical (unpaired) electrons. The lowest BCUT2D eigenvalue weighted by Crippen LogP contribution is -2.20. The van der Waals surface area contributed by atoms with Crippen LogP contribution in [0.3, 0.4) is 0 Å². The highest BCUT2D eigenvalue weighted by Crippen LogP contribution is 2.39. The van der Waals surface area contributed by atoms with Crippen molar-refractivity contribution in [3.8, 4) is 0 Å². The first-order chi connectivity index (χ1) is 7.46. The summed E-state index contributed by atoms with van der Waals surface area (Å²) in [5.74, 6) is 0. The van der Waals surface area contributed by atoms with Crippen LogP contribution in [-0.2, 0) is 10.8 Å². The second kappa shape index (κ2) is 4.35. The van der Waals surface area contributed by atoms with Gasteiger partial charge >= 0.3 is 0 Å². The standard InChI is InChI=1S/C16H26S/c1-10-9-12(15(3,4)5)14(17)13(11(10)2)16(6,7)8/h9,17H,1-8H3. The van der Waals surface area contributed by atoms with Crippen molar-refractivity contribution in [2.75, 3.05) is 0 Å². The lowest BCUT2D eigenvalue weighted by molar-refractivity contribution is 0.543. The summed E-state index contributed by atoms with van der Waals surface area (Å²) in [7, 11) is 0. The molecule has 0 aromatic heterocycles. The summed E-state index contributed by atoms with van der Waals surface area (Å²) in [5, 5.41) is 0. The molecule has 0 heterocycles. The van der Waals surface area contributed by atoms with Crippen molar-refractivity contribution in [2.45, 2.75) is 71.1 Å². The molecule has 0 unspecified atom stereocenters. The van der Waals surface area contributed by atoms with Crippen molar-refractivity contribution < 1.29 is 0 Å². The van der Waals surface area contributed by atoms with Crippen LogP contribution in [0.25, 0.3) is 0 Å². The smallest absolute Gasteiger partial charge is 0.0118 e. The summed E-state index contributed by atoms with van der Waals surface area (Å²) in [4.78, 5) is 1.17. The second-order valence-electron chi connectivity index (χ2n) is 7.09. The fraction of sp³-hybridized carbons (Fsp3) is 0.625. The van der Waals surface area contributed by atoms with Crippen LogP contribution in [0.5, 0.6) is 0 Å². The van der Waals surface area contributed by atoms with Gasteiger partial charge in [-0.05, 0) is 46.9 Å². The van der Waals surface area contributed by atoms with Gasteiger partial charge in [-0.2, -0.15) is 0 Å². The van der Waals surface area contributed by atoms with E-state index >= 15 is 0 Å². The van der Waals surface area contributed by atoms with Gasteiger partial charge in [-0.1, -0.05) is 47.6 Å². The van der Waals surface area contributed by atoms with E-state index in [1.165, 1.54) is 27.1 Å². The third kappa shape index (κ3) is 2.88. The van der Waals surface area contributed by atoms with E-state index in [-0.39, 0.29) is 10.8 Å². The Kier molecular flexibility index (Phi) is 3.74. The van der Waals surface area contributed by atoms with Gasteiger partial charge in [-0.15, -0.1) is 12.6 Å². The van der Waals surface area contributed by atoms with Crippen molar-refractivity contribution in [3.63, 3.8) is 0 Å². The van der Waals surface area contributed by atoms with Crippen molar-refractivity contribution >= 4 is 12.6 Å². The predicted molar refractivity (Wildman–Crippen MR) is 80.6 cm³/mol. The number of aryl methyl sites for hydroxylation is 1. The van der Waals surface area contributed by atoms with Crippen molar-refractivity contribution in [1.29, 1.82) is 0 Å². The van der Waals surface area contributed by atoms with Gasteiger partial charge in [0.25, 0.3) is 0 Å². The average molecular weight is 250 g/mol. The van der Waals surface area contributed by atoms with Gasteiger partial charge in [0.15, 0.2) is 0 Å². The van der Waals surface area contributed by atoms with Crippen molar-refractivity contribution in [3.05, 3.63) is 28.3 Å². The molecule has 0 aliphatic carbocycles.